The van der Waals surface area contributed by atoms with Gasteiger partial charge in [0, 0.05) is 18.6 Å². The minimum absolute atomic E-state index is 0.0773. The predicted octanol–water partition coefficient (Wildman–Crippen LogP) is 2.80. The molecule has 8 heteroatoms. The normalized spacial score (nSPS) is 11.0. The van der Waals surface area contributed by atoms with E-state index in [2.05, 4.69) is 15.5 Å². The van der Waals surface area contributed by atoms with Crippen molar-refractivity contribution in [1.82, 2.24) is 25.1 Å². The minimum Gasteiger partial charge on any atom is -0.341 e. The van der Waals surface area contributed by atoms with Gasteiger partial charge in [-0.2, -0.15) is 0 Å². The second-order valence-electron chi connectivity index (χ2n) is 5.50. The second kappa shape index (κ2) is 8.31. The van der Waals surface area contributed by atoms with E-state index in [0.29, 0.717) is 23.1 Å². The lowest BCUT2D eigenvalue weighted by Crippen LogP contribution is -2.27. The number of rotatable bonds is 7. The number of amides is 1. The maximum atomic E-state index is 12.2. The van der Waals surface area contributed by atoms with E-state index in [4.69, 9.17) is 11.6 Å². The van der Waals surface area contributed by atoms with Crippen molar-refractivity contribution in [2.45, 2.75) is 32.2 Å². The molecule has 23 heavy (non-hydrogen) atoms. The zero-order valence-corrected chi connectivity index (χ0v) is 15.0. The first-order valence-corrected chi connectivity index (χ1v) is 8.83. The molecular weight excluding hydrogens is 334 g/mol. The quantitative estimate of drug-likeness (QED) is 0.765. The molecule has 0 saturated heterocycles. The Morgan fingerprint density at radius 1 is 1.35 bits per heavy atom. The van der Waals surface area contributed by atoms with Crippen LogP contribution < -0.4 is 0 Å². The van der Waals surface area contributed by atoms with Crippen molar-refractivity contribution in [3.63, 3.8) is 0 Å². The van der Waals surface area contributed by atoms with Crippen LogP contribution in [0.15, 0.2) is 24.3 Å². The molecule has 0 N–H and O–H groups in total. The van der Waals surface area contributed by atoms with Gasteiger partial charge in [0.05, 0.1) is 17.5 Å². The summed E-state index contributed by atoms with van der Waals surface area (Å²) >= 11 is 7.38. The van der Waals surface area contributed by atoms with Crippen LogP contribution in [0.3, 0.4) is 0 Å². The van der Waals surface area contributed by atoms with E-state index in [1.165, 1.54) is 11.8 Å². The number of nitrogens with zero attached hydrogens (tertiary/aromatic N) is 5. The first kappa shape index (κ1) is 17.7. The Kier molecular flexibility index (Phi) is 6.41. The third kappa shape index (κ3) is 5.21. The molecule has 6 nitrogen and oxygen atoms in total. The molecule has 124 valence electrons. The summed E-state index contributed by atoms with van der Waals surface area (Å²) in [5, 5.41) is 12.3. The number of tetrazole rings is 1. The lowest BCUT2D eigenvalue weighted by molar-refractivity contribution is -0.127. The van der Waals surface area contributed by atoms with E-state index in [0.717, 1.165) is 11.4 Å². The molecule has 0 aliphatic heterocycles. The summed E-state index contributed by atoms with van der Waals surface area (Å²) in [5.74, 6) is 1.88. The van der Waals surface area contributed by atoms with Gasteiger partial charge in [-0.05, 0) is 42.0 Å². The molecule has 0 unspecified atom stereocenters. The fourth-order valence-electron chi connectivity index (χ4n) is 2.00. The molecule has 1 aromatic heterocycles. The highest BCUT2D eigenvalue weighted by molar-refractivity contribution is 7.99. The Labute approximate surface area is 145 Å². The molecular formula is C15H20ClN5OS. The molecule has 0 spiro atoms. The van der Waals surface area contributed by atoms with Crippen LogP contribution in [0.4, 0.5) is 0 Å². The van der Waals surface area contributed by atoms with Gasteiger partial charge >= 0.3 is 0 Å². The number of thioether (sulfide) groups is 1. The summed E-state index contributed by atoms with van der Waals surface area (Å²) < 4.78 is 1.77. The molecule has 1 heterocycles. The van der Waals surface area contributed by atoms with Gasteiger partial charge in [0.25, 0.3) is 0 Å². The van der Waals surface area contributed by atoms with Crippen LogP contribution in [-0.4, -0.2) is 43.8 Å². The third-order valence-corrected chi connectivity index (χ3v) is 4.43. The highest BCUT2D eigenvalue weighted by atomic mass is 35.5. The summed E-state index contributed by atoms with van der Waals surface area (Å²) in [7, 11) is 1.80. The molecule has 0 bridgehead atoms. The maximum Gasteiger partial charge on any atom is 0.232 e. The van der Waals surface area contributed by atoms with E-state index >= 15 is 0 Å². The highest BCUT2D eigenvalue weighted by Crippen LogP contribution is 2.14. The summed E-state index contributed by atoms with van der Waals surface area (Å²) in [6, 6.07) is 7.72. The Balaban J connectivity index is 1.80. The van der Waals surface area contributed by atoms with E-state index in [-0.39, 0.29) is 11.9 Å². The molecule has 0 aliphatic rings. The molecule has 0 aliphatic carbocycles. The zero-order chi connectivity index (χ0) is 16.8. The summed E-state index contributed by atoms with van der Waals surface area (Å²) in [6.07, 6.45) is 0. The fraction of sp³-hybridized carbons (Fsp3) is 0.467. The van der Waals surface area contributed by atoms with Crippen molar-refractivity contribution in [3.8, 4) is 0 Å². The molecule has 0 fully saturated rings. The number of carbonyl (C=O) groups is 1. The summed E-state index contributed by atoms with van der Waals surface area (Å²) in [4.78, 5) is 13.9. The molecule has 2 rings (SSSR count). The van der Waals surface area contributed by atoms with Crippen LogP contribution in [0.25, 0.3) is 0 Å². The number of carbonyl (C=O) groups excluding carboxylic acids is 1. The third-order valence-electron chi connectivity index (χ3n) is 3.27. The van der Waals surface area contributed by atoms with Gasteiger partial charge in [-0.1, -0.05) is 23.7 Å². The zero-order valence-electron chi connectivity index (χ0n) is 13.4. The summed E-state index contributed by atoms with van der Waals surface area (Å²) in [6.45, 7) is 4.62. The molecule has 1 amide bonds. The van der Waals surface area contributed by atoms with E-state index in [1.807, 2.05) is 38.1 Å². The van der Waals surface area contributed by atoms with Crippen molar-refractivity contribution in [3.05, 3.63) is 40.7 Å². The first-order valence-electron chi connectivity index (χ1n) is 7.30. The van der Waals surface area contributed by atoms with E-state index in [1.54, 1.807) is 16.6 Å². The average molecular weight is 354 g/mol. The molecule has 0 radical (unpaired) electrons. The molecule has 0 atom stereocenters. The van der Waals surface area contributed by atoms with Crippen molar-refractivity contribution in [1.29, 1.82) is 0 Å². The lowest BCUT2D eigenvalue weighted by Gasteiger charge is -2.17. The second-order valence-corrected chi connectivity index (χ2v) is 6.92. The summed E-state index contributed by atoms with van der Waals surface area (Å²) in [5.41, 5.74) is 1.05. The van der Waals surface area contributed by atoms with Crippen LogP contribution in [-0.2, 0) is 17.1 Å². The lowest BCUT2D eigenvalue weighted by atomic mass is 10.2. The molecule has 1 aromatic carbocycles. The van der Waals surface area contributed by atoms with Gasteiger partial charge in [-0.15, -0.1) is 16.9 Å². The van der Waals surface area contributed by atoms with Gasteiger partial charge in [-0.3, -0.25) is 4.79 Å². The number of hydrogen-bond donors (Lipinski definition) is 0. The van der Waals surface area contributed by atoms with Gasteiger partial charge in [0.15, 0.2) is 5.82 Å². The minimum atomic E-state index is 0.0773. The average Bonchev–Trinajstić information content (AvgIpc) is 2.98. The van der Waals surface area contributed by atoms with Gasteiger partial charge < -0.3 is 4.90 Å². The maximum absolute atomic E-state index is 12.2. The van der Waals surface area contributed by atoms with Crippen molar-refractivity contribution in [2.75, 3.05) is 12.8 Å². The number of aromatic nitrogens is 4. The van der Waals surface area contributed by atoms with Crippen LogP contribution in [0, 0.1) is 0 Å². The van der Waals surface area contributed by atoms with Crippen molar-refractivity contribution < 1.29 is 4.79 Å². The first-order chi connectivity index (χ1) is 11.0. The molecule has 2 aromatic rings. The van der Waals surface area contributed by atoms with E-state index in [9.17, 15) is 4.79 Å². The molecule has 0 saturated carbocycles. The Bertz CT molecular complexity index is 644. The van der Waals surface area contributed by atoms with Crippen LogP contribution in [0.2, 0.25) is 5.02 Å². The number of halogens is 1. The van der Waals surface area contributed by atoms with Gasteiger partial charge in [0.2, 0.25) is 5.91 Å². The largest absolute Gasteiger partial charge is 0.341 e. The fourth-order valence-corrected chi connectivity index (χ4v) is 3.00. The Hall–Kier alpha value is -1.60. The van der Waals surface area contributed by atoms with Crippen LogP contribution >= 0.6 is 23.4 Å². The Morgan fingerprint density at radius 3 is 2.70 bits per heavy atom. The SMILES string of the molecule is CC(C)n1nnnc1CSCC(=O)N(C)Cc1ccc(Cl)cc1. The standard InChI is InChI=1S/C15H20ClN5OS/c1-11(2)21-14(17-18-19-21)9-23-10-15(22)20(3)8-12-4-6-13(16)7-5-12/h4-7,11H,8-10H2,1-3H3. The van der Waals surface area contributed by atoms with Gasteiger partial charge in [-0.25, -0.2) is 4.68 Å². The van der Waals surface area contributed by atoms with Crippen LogP contribution in [0.1, 0.15) is 31.3 Å². The Morgan fingerprint density at radius 2 is 2.04 bits per heavy atom. The highest BCUT2D eigenvalue weighted by Gasteiger charge is 2.13. The van der Waals surface area contributed by atoms with Crippen LogP contribution in [0.5, 0.6) is 0 Å². The predicted molar refractivity (Wildman–Crippen MR) is 92.3 cm³/mol. The van der Waals surface area contributed by atoms with Gasteiger partial charge in [0.1, 0.15) is 0 Å². The smallest absolute Gasteiger partial charge is 0.232 e. The number of hydrogen-bond acceptors (Lipinski definition) is 5. The van der Waals surface area contributed by atoms with Crippen molar-refractivity contribution >= 4 is 29.3 Å². The topological polar surface area (TPSA) is 63.9 Å². The van der Waals surface area contributed by atoms with E-state index < -0.39 is 0 Å². The number of benzene rings is 1. The monoisotopic (exact) mass is 353 g/mol. The van der Waals surface area contributed by atoms with Crippen molar-refractivity contribution in [2.24, 2.45) is 0 Å².